The smallest absolute Gasteiger partial charge is 0.343 e. The van der Waals surface area contributed by atoms with Crippen LogP contribution in [0.4, 0.5) is 0 Å². The monoisotopic (exact) mass is 744 g/mol. The molecule has 4 aromatic carbocycles. The molecular formula is C46H48O9. The summed E-state index contributed by atoms with van der Waals surface area (Å²) in [5.74, 6) is 7.18. The van der Waals surface area contributed by atoms with Crippen molar-refractivity contribution in [3.63, 3.8) is 0 Å². The molecule has 0 aliphatic rings. The van der Waals surface area contributed by atoms with E-state index >= 15 is 0 Å². The van der Waals surface area contributed by atoms with Crippen LogP contribution in [0.1, 0.15) is 72.9 Å². The fourth-order valence-electron chi connectivity index (χ4n) is 5.23. The van der Waals surface area contributed by atoms with Crippen molar-refractivity contribution < 1.29 is 42.8 Å². The van der Waals surface area contributed by atoms with Crippen molar-refractivity contribution >= 4 is 17.9 Å². The molecule has 0 aliphatic heterocycles. The van der Waals surface area contributed by atoms with Crippen molar-refractivity contribution in [1.82, 2.24) is 0 Å². The van der Waals surface area contributed by atoms with Crippen LogP contribution in [0.25, 0.3) is 11.1 Å². The van der Waals surface area contributed by atoms with Crippen LogP contribution >= 0.6 is 0 Å². The maximum Gasteiger partial charge on any atom is 0.343 e. The minimum atomic E-state index is -0.456. The number of esters is 3. The molecule has 4 aromatic rings. The first-order valence-corrected chi connectivity index (χ1v) is 18.4. The Kier molecular flexibility index (Phi) is 17.8. The molecule has 0 bridgehead atoms. The number of rotatable bonds is 22. The second-order valence-electron chi connectivity index (χ2n) is 12.5. The summed E-state index contributed by atoms with van der Waals surface area (Å²) in [4.78, 5) is 35.7. The van der Waals surface area contributed by atoms with Crippen LogP contribution in [0.3, 0.4) is 0 Å². The highest BCUT2D eigenvalue weighted by molar-refractivity contribution is 5.91. The molecule has 0 spiro atoms. The largest absolute Gasteiger partial charge is 0.494 e. The van der Waals surface area contributed by atoms with E-state index < -0.39 is 11.9 Å². The van der Waals surface area contributed by atoms with Gasteiger partial charge in [-0.2, -0.15) is 0 Å². The standard InChI is InChI=1S/C46H48O9/c1-4-51-44(47)12-8-7-11-32-53-42-27-23-40(24-28-42)46(49)55-43-29-21-39(22-30-43)38-19-15-36(16-20-38)13-14-37-17-25-41(26-18-37)52-31-9-5-6-10-33-54-45(48)35(2)34-50-3/h4,15-30H,1-2,5-12,31-34H2,3H3. The highest BCUT2D eigenvalue weighted by Crippen LogP contribution is 2.24. The first-order valence-electron chi connectivity index (χ1n) is 18.4. The number of carbonyl (C=O) groups is 3. The first kappa shape index (κ1) is 41.6. The number of hydrogen-bond donors (Lipinski definition) is 0. The van der Waals surface area contributed by atoms with E-state index in [1.54, 1.807) is 36.4 Å². The van der Waals surface area contributed by atoms with Gasteiger partial charge >= 0.3 is 17.9 Å². The van der Waals surface area contributed by atoms with Gasteiger partial charge in [0.05, 0.1) is 43.8 Å². The van der Waals surface area contributed by atoms with Crippen molar-refractivity contribution in [3.8, 4) is 40.2 Å². The number of methoxy groups -OCH3 is 1. The van der Waals surface area contributed by atoms with Crippen molar-refractivity contribution in [1.29, 1.82) is 0 Å². The molecular weight excluding hydrogens is 696 g/mol. The Morgan fingerprint density at radius 3 is 1.67 bits per heavy atom. The lowest BCUT2D eigenvalue weighted by molar-refractivity contribution is -0.140. The average Bonchev–Trinajstić information content (AvgIpc) is 3.20. The second kappa shape index (κ2) is 23.5. The predicted octanol–water partition coefficient (Wildman–Crippen LogP) is 9.28. The maximum atomic E-state index is 12.7. The second-order valence-corrected chi connectivity index (χ2v) is 12.5. The van der Waals surface area contributed by atoms with Crippen molar-refractivity contribution in [2.75, 3.05) is 33.5 Å². The summed E-state index contributed by atoms with van der Waals surface area (Å²) in [6, 6.07) is 29.9. The molecule has 0 heterocycles. The molecule has 0 unspecified atom stereocenters. The van der Waals surface area contributed by atoms with Crippen molar-refractivity contribution in [2.24, 2.45) is 0 Å². The zero-order chi connectivity index (χ0) is 39.1. The Morgan fingerprint density at radius 1 is 0.618 bits per heavy atom. The third kappa shape index (κ3) is 15.4. The molecule has 0 saturated heterocycles. The molecule has 4 rings (SSSR count). The Hall–Kier alpha value is -6.11. The number of unbranched alkanes of at least 4 members (excludes halogenated alkanes) is 5. The van der Waals surface area contributed by atoms with Crippen LogP contribution in [0.15, 0.2) is 122 Å². The molecule has 0 radical (unpaired) electrons. The fourth-order valence-corrected chi connectivity index (χ4v) is 5.23. The van der Waals surface area contributed by atoms with Gasteiger partial charge in [-0.25, -0.2) is 9.59 Å². The summed E-state index contributed by atoms with van der Waals surface area (Å²) in [6.07, 6.45) is 7.50. The third-order valence-electron chi connectivity index (χ3n) is 8.24. The quantitative estimate of drug-likeness (QED) is 0.0194. The van der Waals surface area contributed by atoms with Gasteiger partial charge in [0.2, 0.25) is 0 Å². The Labute approximate surface area is 323 Å². The lowest BCUT2D eigenvalue weighted by Crippen LogP contribution is -2.11. The number of ether oxygens (including phenoxy) is 6. The molecule has 0 N–H and O–H groups in total. The molecule has 0 fully saturated rings. The molecule has 9 nitrogen and oxygen atoms in total. The lowest BCUT2D eigenvalue weighted by Gasteiger charge is -2.08. The van der Waals surface area contributed by atoms with E-state index in [-0.39, 0.29) is 12.6 Å². The SMILES string of the molecule is C=COC(=O)CCCCCOc1ccc(C(=O)Oc2ccc(-c3ccc(C#Cc4ccc(OCCCCCCOC(=O)C(=C)COC)cc4)cc3)cc2)cc1. The molecule has 0 amide bonds. The summed E-state index contributed by atoms with van der Waals surface area (Å²) in [5, 5.41) is 0. The minimum Gasteiger partial charge on any atom is -0.494 e. The fraction of sp³-hybridized carbons (Fsp3) is 0.283. The normalized spacial score (nSPS) is 10.3. The third-order valence-corrected chi connectivity index (χ3v) is 8.24. The number of hydrogen-bond acceptors (Lipinski definition) is 9. The van der Waals surface area contributed by atoms with Crippen LogP contribution in [0.5, 0.6) is 17.2 Å². The van der Waals surface area contributed by atoms with Crippen molar-refractivity contribution in [2.45, 2.75) is 51.4 Å². The van der Waals surface area contributed by atoms with Gasteiger partial charge in [0.25, 0.3) is 0 Å². The highest BCUT2D eigenvalue weighted by Gasteiger charge is 2.10. The molecule has 0 atom stereocenters. The molecule has 286 valence electrons. The van der Waals surface area contributed by atoms with Gasteiger partial charge in [0.1, 0.15) is 17.2 Å². The van der Waals surface area contributed by atoms with Gasteiger partial charge in [-0.15, -0.1) is 0 Å². The van der Waals surface area contributed by atoms with E-state index in [0.717, 1.165) is 79.2 Å². The summed E-state index contributed by atoms with van der Waals surface area (Å²) in [7, 11) is 1.51. The number of carbonyl (C=O) groups excluding carboxylic acids is 3. The summed E-state index contributed by atoms with van der Waals surface area (Å²) < 4.78 is 31.9. The first-order chi connectivity index (χ1) is 26.8. The van der Waals surface area contributed by atoms with Gasteiger partial charge in [-0.3, -0.25) is 4.79 Å². The Morgan fingerprint density at radius 2 is 1.11 bits per heavy atom. The molecule has 55 heavy (non-hydrogen) atoms. The van der Waals surface area contributed by atoms with Crippen LogP contribution in [0, 0.1) is 11.8 Å². The lowest BCUT2D eigenvalue weighted by atomic mass is 10.0. The number of benzene rings is 4. The molecule has 9 heteroatoms. The van der Waals surface area contributed by atoms with Gasteiger partial charge < -0.3 is 28.4 Å². The van der Waals surface area contributed by atoms with E-state index in [9.17, 15) is 14.4 Å². The van der Waals surface area contributed by atoms with Gasteiger partial charge in [-0.1, -0.05) is 49.3 Å². The van der Waals surface area contributed by atoms with Crippen LogP contribution in [-0.2, 0) is 23.8 Å². The van der Waals surface area contributed by atoms with E-state index in [1.165, 1.54) is 7.11 Å². The highest BCUT2D eigenvalue weighted by atomic mass is 16.5. The zero-order valence-electron chi connectivity index (χ0n) is 31.4. The van der Waals surface area contributed by atoms with E-state index in [0.29, 0.717) is 48.9 Å². The van der Waals surface area contributed by atoms with Crippen molar-refractivity contribution in [3.05, 3.63) is 139 Å². The average molecular weight is 745 g/mol. The van der Waals surface area contributed by atoms with Crippen LogP contribution < -0.4 is 14.2 Å². The van der Waals surface area contributed by atoms with E-state index in [4.69, 9.17) is 28.4 Å². The summed E-state index contributed by atoms with van der Waals surface area (Å²) >= 11 is 0. The van der Waals surface area contributed by atoms with Crippen LogP contribution in [-0.4, -0.2) is 51.4 Å². The van der Waals surface area contributed by atoms with E-state index in [2.05, 4.69) is 25.0 Å². The predicted molar refractivity (Wildman–Crippen MR) is 212 cm³/mol. The zero-order valence-corrected chi connectivity index (χ0v) is 31.4. The summed E-state index contributed by atoms with van der Waals surface area (Å²) in [5.41, 5.74) is 4.53. The van der Waals surface area contributed by atoms with Crippen LogP contribution in [0.2, 0.25) is 0 Å². The topological polar surface area (TPSA) is 107 Å². The van der Waals surface area contributed by atoms with Gasteiger partial charge in [-0.05, 0) is 129 Å². The van der Waals surface area contributed by atoms with E-state index in [1.807, 2.05) is 60.7 Å². The molecule has 0 aliphatic carbocycles. The van der Waals surface area contributed by atoms with Gasteiger partial charge in [0, 0.05) is 24.7 Å². The Bertz CT molecular complexity index is 1880. The molecule has 0 saturated carbocycles. The molecule has 0 aromatic heterocycles. The summed E-state index contributed by atoms with van der Waals surface area (Å²) in [6.45, 7) is 8.69. The minimum absolute atomic E-state index is 0.181. The maximum absolute atomic E-state index is 12.7. The van der Waals surface area contributed by atoms with Gasteiger partial charge in [0.15, 0.2) is 0 Å². The Balaban J connectivity index is 1.13.